The van der Waals surface area contributed by atoms with Gasteiger partial charge in [-0.15, -0.1) is 0 Å². The Balaban J connectivity index is 1.46. The molecule has 0 radical (unpaired) electrons. The van der Waals surface area contributed by atoms with Gasteiger partial charge in [-0.05, 0) is 45.4 Å². The molecule has 0 spiro atoms. The minimum absolute atomic E-state index is 0.0429. The first kappa shape index (κ1) is 15.5. The Morgan fingerprint density at radius 1 is 1.41 bits per heavy atom. The molecule has 2 fully saturated rings. The van der Waals surface area contributed by atoms with Crippen LogP contribution in [-0.2, 0) is 11.2 Å². The van der Waals surface area contributed by atoms with Gasteiger partial charge in [0.25, 0.3) is 0 Å². The van der Waals surface area contributed by atoms with Gasteiger partial charge < -0.3 is 15.2 Å². The van der Waals surface area contributed by atoms with Crippen LogP contribution in [0.15, 0.2) is 4.52 Å². The zero-order chi connectivity index (χ0) is 15.5. The van der Waals surface area contributed by atoms with Crippen LogP contribution in [0.3, 0.4) is 0 Å². The Bertz CT molecular complexity index is 510. The fourth-order valence-corrected chi connectivity index (χ4v) is 3.23. The average Bonchev–Trinajstić information content (AvgIpc) is 3.27. The van der Waals surface area contributed by atoms with Crippen molar-refractivity contribution in [1.82, 2.24) is 15.0 Å². The lowest BCUT2D eigenvalue weighted by molar-refractivity contribution is -0.135. The monoisotopic (exact) mass is 306 g/mol. The van der Waals surface area contributed by atoms with E-state index in [0.29, 0.717) is 24.7 Å². The molecule has 2 heterocycles. The summed E-state index contributed by atoms with van der Waals surface area (Å²) in [7, 11) is 0. The fraction of sp³-hybridized carbons (Fsp3) is 0.812. The summed E-state index contributed by atoms with van der Waals surface area (Å²) in [6.07, 6.45) is 7.60. The Kier molecular flexibility index (Phi) is 4.76. The Hall–Kier alpha value is -1.43. The van der Waals surface area contributed by atoms with Crippen molar-refractivity contribution in [3.05, 3.63) is 11.7 Å². The second kappa shape index (κ2) is 6.77. The summed E-state index contributed by atoms with van der Waals surface area (Å²) in [5.74, 6) is 2.23. The van der Waals surface area contributed by atoms with Gasteiger partial charge in [-0.25, -0.2) is 0 Å². The van der Waals surface area contributed by atoms with Crippen molar-refractivity contribution >= 4 is 5.91 Å². The third-order valence-electron chi connectivity index (χ3n) is 4.68. The van der Waals surface area contributed by atoms with Crippen LogP contribution in [0.1, 0.15) is 69.5 Å². The SMILES string of the molecule is CC(N)C1CCCCN1C(=O)CCCc1nc(C2CC2)no1. The number of nitrogens with two attached hydrogens (primary N) is 1. The van der Waals surface area contributed by atoms with Gasteiger partial charge in [0.1, 0.15) is 0 Å². The van der Waals surface area contributed by atoms with Crippen molar-refractivity contribution in [2.24, 2.45) is 5.73 Å². The smallest absolute Gasteiger partial charge is 0.226 e. The molecule has 2 atom stereocenters. The first-order valence-corrected chi connectivity index (χ1v) is 8.52. The lowest BCUT2D eigenvalue weighted by Gasteiger charge is -2.38. The van der Waals surface area contributed by atoms with Gasteiger partial charge in [-0.1, -0.05) is 5.16 Å². The molecule has 6 heteroatoms. The van der Waals surface area contributed by atoms with Crippen LogP contribution in [-0.4, -0.2) is 39.6 Å². The Labute approximate surface area is 131 Å². The van der Waals surface area contributed by atoms with Crippen molar-refractivity contribution in [2.75, 3.05) is 6.54 Å². The van der Waals surface area contributed by atoms with E-state index < -0.39 is 0 Å². The van der Waals surface area contributed by atoms with Crippen molar-refractivity contribution in [2.45, 2.75) is 76.3 Å². The molecule has 1 saturated heterocycles. The van der Waals surface area contributed by atoms with Gasteiger partial charge in [0.05, 0.1) is 0 Å². The zero-order valence-electron chi connectivity index (χ0n) is 13.3. The molecule has 2 N–H and O–H groups in total. The maximum absolute atomic E-state index is 12.4. The lowest BCUT2D eigenvalue weighted by atomic mass is 9.96. The van der Waals surface area contributed by atoms with Gasteiger partial charge in [0.2, 0.25) is 11.8 Å². The highest BCUT2D eigenvalue weighted by Crippen LogP contribution is 2.38. The maximum Gasteiger partial charge on any atom is 0.226 e. The summed E-state index contributed by atoms with van der Waals surface area (Å²) >= 11 is 0. The molecule has 1 saturated carbocycles. The van der Waals surface area contributed by atoms with Crippen molar-refractivity contribution in [3.8, 4) is 0 Å². The number of hydrogen-bond acceptors (Lipinski definition) is 5. The molecule has 0 aromatic carbocycles. The van der Waals surface area contributed by atoms with Gasteiger partial charge in [-0.2, -0.15) is 4.98 Å². The van der Waals surface area contributed by atoms with Crippen LogP contribution in [0.4, 0.5) is 0 Å². The highest BCUT2D eigenvalue weighted by atomic mass is 16.5. The molecular weight excluding hydrogens is 280 g/mol. The molecule has 122 valence electrons. The predicted octanol–water partition coefficient (Wildman–Crippen LogP) is 2.00. The molecule has 1 aromatic rings. The maximum atomic E-state index is 12.4. The van der Waals surface area contributed by atoms with Gasteiger partial charge >= 0.3 is 0 Å². The predicted molar refractivity (Wildman–Crippen MR) is 82.2 cm³/mol. The average molecular weight is 306 g/mol. The van der Waals surface area contributed by atoms with Gasteiger partial charge in [-0.3, -0.25) is 4.79 Å². The van der Waals surface area contributed by atoms with Crippen molar-refractivity contribution in [1.29, 1.82) is 0 Å². The van der Waals surface area contributed by atoms with Gasteiger partial charge in [0, 0.05) is 37.4 Å². The molecule has 1 aliphatic heterocycles. The zero-order valence-corrected chi connectivity index (χ0v) is 13.3. The van der Waals surface area contributed by atoms with Gasteiger partial charge in [0.15, 0.2) is 5.82 Å². The largest absolute Gasteiger partial charge is 0.339 e. The second-order valence-corrected chi connectivity index (χ2v) is 6.68. The van der Waals surface area contributed by atoms with Crippen LogP contribution in [0.5, 0.6) is 0 Å². The molecule has 22 heavy (non-hydrogen) atoms. The van der Waals surface area contributed by atoms with E-state index in [2.05, 4.69) is 10.1 Å². The topological polar surface area (TPSA) is 85.2 Å². The first-order chi connectivity index (χ1) is 10.6. The number of hydrogen-bond donors (Lipinski definition) is 1. The molecule has 0 bridgehead atoms. The van der Waals surface area contributed by atoms with E-state index in [4.69, 9.17) is 10.3 Å². The molecule has 6 nitrogen and oxygen atoms in total. The number of likely N-dealkylation sites (tertiary alicyclic amines) is 1. The highest BCUT2D eigenvalue weighted by Gasteiger charge is 2.30. The number of carbonyl (C=O) groups excluding carboxylic acids is 1. The number of aromatic nitrogens is 2. The van der Waals surface area contributed by atoms with Crippen LogP contribution in [0.2, 0.25) is 0 Å². The van der Waals surface area contributed by atoms with E-state index in [0.717, 1.165) is 31.6 Å². The van der Waals surface area contributed by atoms with E-state index in [1.807, 2.05) is 11.8 Å². The molecule has 1 aliphatic carbocycles. The third kappa shape index (κ3) is 3.66. The summed E-state index contributed by atoms with van der Waals surface area (Å²) in [4.78, 5) is 18.8. The number of aryl methyl sites for hydroxylation is 1. The van der Waals surface area contributed by atoms with E-state index in [-0.39, 0.29) is 18.0 Å². The normalized spacial score (nSPS) is 23.5. The number of piperidine rings is 1. The fourth-order valence-electron chi connectivity index (χ4n) is 3.23. The van der Waals surface area contributed by atoms with Crippen LogP contribution >= 0.6 is 0 Å². The number of nitrogens with zero attached hydrogens (tertiary/aromatic N) is 3. The van der Waals surface area contributed by atoms with E-state index in [1.165, 1.54) is 19.3 Å². The molecule has 1 aromatic heterocycles. The van der Waals surface area contributed by atoms with E-state index in [1.54, 1.807) is 0 Å². The third-order valence-corrected chi connectivity index (χ3v) is 4.68. The standard InChI is InChI=1S/C16H26N4O2/c1-11(17)13-5-2-3-10-20(13)15(21)7-4-6-14-18-16(19-22-14)12-8-9-12/h11-13H,2-10,17H2,1H3. The second-order valence-electron chi connectivity index (χ2n) is 6.68. The number of amides is 1. The summed E-state index contributed by atoms with van der Waals surface area (Å²) in [5, 5.41) is 4.00. The van der Waals surface area contributed by atoms with Crippen LogP contribution in [0.25, 0.3) is 0 Å². The van der Waals surface area contributed by atoms with Crippen molar-refractivity contribution < 1.29 is 9.32 Å². The molecule has 2 aliphatic rings. The number of rotatable bonds is 6. The number of carbonyl (C=O) groups is 1. The van der Waals surface area contributed by atoms with E-state index in [9.17, 15) is 4.79 Å². The molecular formula is C16H26N4O2. The summed E-state index contributed by atoms with van der Waals surface area (Å²) < 4.78 is 5.25. The summed E-state index contributed by atoms with van der Waals surface area (Å²) in [5.41, 5.74) is 6.02. The van der Waals surface area contributed by atoms with Crippen LogP contribution < -0.4 is 5.73 Å². The lowest BCUT2D eigenvalue weighted by Crippen LogP contribution is -2.51. The minimum atomic E-state index is 0.0429. The Morgan fingerprint density at radius 2 is 2.23 bits per heavy atom. The first-order valence-electron chi connectivity index (χ1n) is 8.52. The van der Waals surface area contributed by atoms with Crippen LogP contribution in [0, 0.1) is 0 Å². The van der Waals surface area contributed by atoms with Crippen molar-refractivity contribution in [3.63, 3.8) is 0 Å². The molecule has 3 rings (SSSR count). The molecule has 2 unspecified atom stereocenters. The highest BCUT2D eigenvalue weighted by molar-refractivity contribution is 5.76. The summed E-state index contributed by atoms with van der Waals surface area (Å²) in [6.45, 7) is 2.84. The van der Waals surface area contributed by atoms with E-state index >= 15 is 0 Å². The Morgan fingerprint density at radius 3 is 2.95 bits per heavy atom. The minimum Gasteiger partial charge on any atom is -0.339 e. The molecule has 1 amide bonds. The summed E-state index contributed by atoms with van der Waals surface area (Å²) in [6, 6.07) is 0.243. The quantitative estimate of drug-likeness (QED) is 0.868.